The molecule has 8 N–H and O–H groups in total. The quantitative estimate of drug-likeness (QED) is 0.0306. The molecule has 1 unspecified atom stereocenters. The SMILES string of the molecule is Cc1ncsc1-c1ccc([C@@H](C)NC(=O)C2C[C@@H](O)CN2C(=O)[C@@H](NC(=O)CCCNC(=O)CC(=O)Nc2ccc(C(=O)Nc3cccc(Nc4cc(-c5c[nH]c6ccccc56)ncn4)c3)cc2)C(C)(C)C)cc1. The number of β-amino-alcohol motifs (C(OH)–C–C–N with tert-alkyl or cyclic N) is 1. The smallest absolute Gasteiger partial charge is 0.255 e. The van der Waals surface area contributed by atoms with Gasteiger partial charge < -0.3 is 46.9 Å². The number of aliphatic hydroxyl groups is 1. The highest BCUT2D eigenvalue weighted by molar-refractivity contribution is 7.13. The standard InChI is InChI=1S/C55H59N11O7S/c1-32(34-15-17-35(18-16-34)50-33(2)60-31-74-50)61-53(72)45-25-40(67)29-66(45)54(73)51(55(3,4)5)65-47(68)14-9-23-56-48(69)27-49(70)63-37-21-19-36(20-22-37)52(71)64-39-11-8-10-38(24-39)62-46-26-44(58-30-59-46)42-28-57-43-13-7-6-12-41(42)43/h6-8,10-13,15-22,24,26,28,30-32,40,45,51,57,67H,9,14,23,25,27,29H2,1-5H3,(H,56,69)(H,61,72)(H,63,70)(H,64,71)(H,65,68)(H,58,59,62)/t32-,40-,45?,51-/m1/s1. The summed E-state index contributed by atoms with van der Waals surface area (Å²) < 4.78 is 0. The number of nitrogens with one attached hydrogen (secondary N) is 7. The Morgan fingerprint density at radius 2 is 1.58 bits per heavy atom. The molecule has 6 amide bonds. The number of aryl methyl sites for hydroxylation is 1. The molecule has 0 radical (unpaired) electrons. The molecular formula is C55H59N11O7S. The summed E-state index contributed by atoms with van der Waals surface area (Å²) in [6, 6.07) is 28.8. The van der Waals surface area contributed by atoms with Crippen LogP contribution in [-0.2, 0) is 24.0 Å². The number of carbonyl (C=O) groups is 6. The van der Waals surface area contributed by atoms with Crippen molar-refractivity contribution < 1.29 is 33.9 Å². The number of aromatic nitrogens is 4. The van der Waals surface area contributed by atoms with E-state index >= 15 is 0 Å². The highest BCUT2D eigenvalue weighted by atomic mass is 32.1. The van der Waals surface area contributed by atoms with Gasteiger partial charge in [0.1, 0.15) is 30.6 Å². The highest BCUT2D eigenvalue weighted by Gasteiger charge is 2.44. The zero-order valence-corrected chi connectivity index (χ0v) is 42.5. The van der Waals surface area contributed by atoms with Crippen LogP contribution < -0.4 is 31.9 Å². The molecule has 19 heteroatoms. The number of rotatable bonds is 18. The molecule has 382 valence electrons. The second kappa shape index (κ2) is 23.1. The van der Waals surface area contributed by atoms with Crippen LogP contribution in [0.3, 0.4) is 0 Å². The van der Waals surface area contributed by atoms with E-state index in [4.69, 9.17) is 0 Å². The Balaban J connectivity index is 0.753. The fourth-order valence-corrected chi connectivity index (χ4v) is 9.54. The third kappa shape index (κ3) is 13.0. The molecule has 74 heavy (non-hydrogen) atoms. The van der Waals surface area contributed by atoms with Crippen LogP contribution in [0.25, 0.3) is 32.6 Å². The Morgan fingerprint density at radius 3 is 2.32 bits per heavy atom. The normalized spacial score (nSPS) is 15.2. The van der Waals surface area contributed by atoms with Gasteiger partial charge in [-0.15, -0.1) is 11.3 Å². The van der Waals surface area contributed by atoms with Crippen molar-refractivity contribution in [2.45, 2.75) is 84.5 Å². The predicted octanol–water partition coefficient (Wildman–Crippen LogP) is 7.65. The number of fused-ring (bicyclic) bond motifs is 1. The van der Waals surface area contributed by atoms with Crippen molar-refractivity contribution in [1.29, 1.82) is 0 Å². The summed E-state index contributed by atoms with van der Waals surface area (Å²) in [4.78, 5) is 98.4. The minimum absolute atomic E-state index is 0.0308. The number of benzene rings is 4. The number of para-hydroxylation sites is 1. The van der Waals surface area contributed by atoms with Crippen molar-refractivity contribution >= 4 is 80.6 Å². The molecule has 4 heterocycles. The molecule has 1 aliphatic heterocycles. The van der Waals surface area contributed by atoms with Crippen LogP contribution >= 0.6 is 11.3 Å². The average molecular weight is 1020 g/mol. The lowest BCUT2D eigenvalue weighted by atomic mass is 9.85. The van der Waals surface area contributed by atoms with Crippen molar-refractivity contribution in [3.63, 3.8) is 0 Å². The van der Waals surface area contributed by atoms with E-state index in [1.165, 1.54) is 11.2 Å². The van der Waals surface area contributed by atoms with Crippen LogP contribution in [-0.4, -0.2) is 96.7 Å². The number of anilines is 4. The zero-order chi connectivity index (χ0) is 52.5. The molecule has 0 bridgehead atoms. The van der Waals surface area contributed by atoms with E-state index in [0.717, 1.165) is 43.9 Å². The number of carbonyl (C=O) groups excluding carboxylic acids is 6. The number of H-pyrrole nitrogens is 1. The number of amides is 6. The van der Waals surface area contributed by atoms with Crippen molar-refractivity contribution in [2.75, 3.05) is 29.0 Å². The van der Waals surface area contributed by atoms with Gasteiger partial charge in [0.05, 0.1) is 33.9 Å². The summed E-state index contributed by atoms with van der Waals surface area (Å²) >= 11 is 1.56. The topological polar surface area (TPSA) is 253 Å². The summed E-state index contributed by atoms with van der Waals surface area (Å²) in [6.07, 6.45) is 2.26. The van der Waals surface area contributed by atoms with Gasteiger partial charge in [0.25, 0.3) is 5.91 Å². The summed E-state index contributed by atoms with van der Waals surface area (Å²) in [5.74, 6) is -2.25. The predicted molar refractivity (Wildman–Crippen MR) is 285 cm³/mol. The van der Waals surface area contributed by atoms with Gasteiger partial charge in [-0.2, -0.15) is 0 Å². The van der Waals surface area contributed by atoms with Crippen molar-refractivity contribution in [3.05, 3.63) is 138 Å². The molecule has 0 aliphatic carbocycles. The Bertz CT molecular complexity index is 3170. The third-order valence-electron chi connectivity index (χ3n) is 12.6. The van der Waals surface area contributed by atoms with Gasteiger partial charge in [-0.3, -0.25) is 28.8 Å². The van der Waals surface area contributed by atoms with Crippen molar-refractivity contribution in [1.82, 2.24) is 40.8 Å². The van der Waals surface area contributed by atoms with Gasteiger partial charge in [0, 0.05) is 77.3 Å². The minimum Gasteiger partial charge on any atom is -0.391 e. The molecule has 0 spiro atoms. The maximum absolute atomic E-state index is 14.1. The van der Waals surface area contributed by atoms with E-state index in [1.807, 2.05) is 80.7 Å². The molecule has 18 nitrogen and oxygen atoms in total. The van der Waals surface area contributed by atoms with E-state index in [9.17, 15) is 33.9 Å². The van der Waals surface area contributed by atoms with Gasteiger partial charge in [0.15, 0.2) is 0 Å². The number of hydrogen-bond acceptors (Lipinski definition) is 12. The Labute approximate surface area is 432 Å². The van der Waals surface area contributed by atoms with Gasteiger partial charge in [-0.05, 0) is 85.3 Å². The lowest BCUT2D eigenvalue weighted by Gasteiger charge is -2.35. The van der Waals surface area contributed by atoms with E-state index in [2.05, 4.69) is 51.8 Å². The largest absolute Gasteiger partial charge is 0.391 e. The summed E-state index contributed by atoms with van der Waals surface area (Å²) in [6.45, 7) is 9.25. The van der Waals surface area contributed by atoms with Crippen LogP contribution in [0.2, 0.25) is 0 Å². The molecular weight excluding hydrogens is 959 g/mol. The Morgan fingerprint density at radius 1 is 0.824 bits per heavy atom. The number of nitrogens with zero attached hydrogens (tertiary/aromatic N) is 4. The minimum atomic E-state index is -1.01. The molecule has 1 saturated heterocycles. The number of thiazole rings is 1. The third-order valence-corrected chi connectivity index (χ3v) is 13.6. The molecule has 7 aromatic rings. The zero-order valence-electron chi connectivity index (χ0n) is 41.7. The first-order valence-electron chi connectivity index (χ1n) is 24.3. The summed E-state index contributed by atoms with van der Waals surface area (Å²) in [5.41, 5.74) is 8.57. The van der Waals surface area contributed by atoms with E-state index in [-0.39, 0.29) is 44.3 Å². The average Bonchev–Trinajstić information content (AvgIpc) is 4.13. The molecule has 1 aliphatic rings. The first kappa shape index (κ1) is 52.0. The number of likely N-dealkylation sites (tertiary alicyclic amines) is 1. The van der Waals surface area contributed by atoms with Crippen LogP contribution in [0.4, 0.5) is 22.9 Å². The van der Waals surface area contributed by atoms with Crippen LogP contribution in [0.5, 0.6) is 0 Å². The fraction of sp³-hybridized carbons (Fsp3) is 0.291. The first-order chi connectivity index (χ1) is 35.5. The van der Waals surface area contributed by atoms with Gasteiger partial charge >= 0.3 is 0 Å². The highest BCUT2D eigenvalue weighted by Crippen LogP contribution is 2.31. The number of aliphatic hydroxyl groups excluding tert-OH is 1. The Kier molecular flexibility index (Phi) is 16.2. The van der Waals surface area contributed by atoms with Gasteiger partial charge in [0.2, 0.25) is 29.5 Å². The first-order valence-corrected chi connectivity index (χ1v) is 25.2. The van der Waals surface area contributed by atoms with E-state index < -0.39 is 59.6 Å². The lowest BCUT2D eigenvalue weighted by Crippen LogP contribution is -2.57. The Hall–Kier alpha value is -8.29. The summed E-state index contributed by atoms with van der Waals surface area (Å²) in [5, 5.41) is 29.0. The second-order valence-corrected chi connectivity index (χ2v) is 20.2. The summed E-state index contributed by atoms with van der Waals surface area (Å²) in [7, 11) is 0. The van der Waals surface area contributed by atoms with Crippen molar-refractivity contribution in [3.8, 4) is 21.7 Å². The molecule has 0 saturated carbocycles. The van der Waals surface area contributed by atoms with Gasteiger partial charge in [-0.1, -0.05) is 69.3 Å². The molecule has 4 aromatic carbocycles. The molecule has 3 aromatic heterocycles. The van der Waals surface area contributed by atoms with Crippen LogP contribution in [0.15, 0.2) is 121 Å². The van der Waals surface area contributed by atoms with Crippen LogP contribution in [0, 0.1) is 12.3 Å². The molecule has 1 fully saturated rings. The number of hydrogen-bond donors (Lipinski definition) is 8. The molecule has 8 rings (SSSR count). The maximum atomic E-state index is 14.1. The van der Waals surface area contributed by atoms with Crippen molar-refractivity contribution in [2.24, 2.45) is 5.41 Å². The number of aromatic amines is 1. The fourth-order valence-electron chi connectivity index (χ4n) is 8.73. The lowest BCUT2D eigenvalue weighted by molar-refractivity contribution is -0.144. The monoisotopic (exact) mass is 1020 g/mol. The molecule has 4 atom stereocenters. The van der Waals surface area contributed by atoms with Gasteiger partial charge in [-0.25, -0.2) is 15.0 Å². The van der Waals surface area contributed by atoms with E-state index in [1.54, 1.807) is 80.1 Å². The second-order valence-electron chi connectivity index (χ2n) is 19.3. The maximum Gasteiger partial charge on any atom is 0.255 e. The van der Waals surface area contributed by atoms with E-state index in [0.29, 0.717) is 28.4 Å². The van der Waals surface area contributed by atoms with Crippen LogP contribution in [0.1, 0.15) is 81.0 Å².